The second kappa shape index (κ2) is 5.80. The second-order valence-electron chi connectivity index (χ2n) is 3.90. The van der Waals surface area contributed by atoms with Crippen LogP contribution in [0.1, 0.15) is 17.3 Å². The highest BCUT2D eigenvalue weighted by Crippen LogP contribution is 2.41. The Kier molecular flexibility index (Phi) is 4.51. The zero-order valence-corrected chi connectivity index (χ0v) is 13.0. The molecule has 19 heavy (non-hydrogen) atoms. The van der Waals surface area contributed by atoms with Crippen LogP contribution in [-0.2, 0) is 0 Å². The first kappa shape index (κ1) is 14.8. The first-order valence-corrected chi connectivity index (χ1v) is 7.32. The van der Waals surface area contributed by atoms with Crippen LogP contribution in [0.4, 0.5) is 0 Å². The minimum Gasteiger partial charge on any atom is -0.294 e. The average Bonchev–Trinajstić information content (AvgIpc) is 2.72. The molecule has 1 heterocycles. The lowest BCUT2D eigenvalue weighted by atomic mass is 10.0. The highest BCUT2D eigenvalue weighted by Gasteiger charge is 2.23. The molecule has 2 aromatic rings. The zero-order valence-electron chi connectivity index (χ0n) is 9.94. The molecule has 6 heteroatoms. The maximum atomic E-state index is 11.7. The molecule has 0 aliphatic carbocycles. The van der Waals surface area contributed by atoms with Gasteiger partial charge in [-0.15, -0.1) is 0 Å². The fourth-order valence-corrected chi connectivity index (χ4v) is 3.00. The topological polar surface area (TPSA) is 22.0 Å². The monoisotopic (exact) mass is 333 g/mol. The average molecular weight is 335 g/mol. The van der Waals surface area contributed by atoms with E-state index in [0.29, 0.717) is 5.56 Å². The summed E-state index contributed by atoms with van der Waals surface area (Å²) in [6.07, 6.45) is 3.47. The van der Waals surface area contributed by atoms with E-state index in [1.165, 1.54) is 6.92 Å². The van der Waals surface area contributed by atoms with Gasteiger partial charge < -0.3 is 0 Å². The Bertz CT molecular complexity index is 590. The van der Waals surface area contributed by atoms with Crippen molar-refractivity contribution in [3.05, 3.63) is 48.3 Å². The summed E-state index contributed by atoms with van der Waals surface area (Å²) in [4.78, 5) is 11.7. The van der Waals surface area contributed by atoms with Crippen LogP contribution in [0, 0.1) is 0 Å². The van der Waals surface area contributed by atoms with E-state index in [-0.39, 0.29) is 5.78 Å². The SMILES string of the molecule is CC(=O)c1cn(SC(Cl)(Cl)Cl)cc1-c1ccccc1. The number of rotatable bonds is 3. The van der Waals surface area contributed by atoms with Gasteiger partial charge in [-0.25, -0.2) is 0 Å². The zero-order chi connectivity index (χ0) is 14.0. The van der Waals surface area contributed by atoms with E-state index in [1.807, 2.05) is 30.3 Å². The Labute approximate surface area is 130 Å². The molecule has 0 spiro atoms. The van der Waals surface area contributed by atoms with Gasteiger partial charge in [-0.1, -0.05) is 65.1 Å². The van der Waals surface area contributed by atoms with E-state index in [1.54, 1.807) is 16.4 Å². The Morgan fingerprint density at radius 2 is 1.79 bits per heavy atom. The van der Waals surface area contributed by atoms with Gasteiger partial charge in [0.05, 0.1) is 0 Å². The number of halogens is 3. The second-order valence-corrected chi connectivity index (χ2v) is 8.07. The molecule has 0 amide bonds. The van der Waals surface area contributed by atoms with Crippen molar-refractivity contribution in [2.75, 3.05) is 0 Å². The van der Waals surface area contributed by atoms with Crippen LogP contribution in [0.15, 0.2) is 42.7 Å². The first-order chi connectivity index (χ1) is 8.87. The van der Waals surface area contributed by atoms with Crippen LogP contribution in [0.25, 0.3) is 11.1 Å². The van der Waals surface area contributed by atoms with Crippen LogP contribution in [-0.4, -0.2) is 12.9 Å². The Morgan fingerprint density at radius 3 is 2.32 bits per heavy atom. The standard InChI is InChI=1S/C13H10Cl3NOS/c1-9(18)11-7-17(19-13(14,15)16)8-12(11)10-5-3-2-4-6-10/h2-8H,1H3. The van der Waals surface area contributed by atoms with E-state index in [9.17, 15) is 4.79 Å². The number of carbonyl (C=O) groups excluding carboxylic acids is 1. The lowest BCUT2D eigenvalue weighted by Crippen LogP contribution is -1.98. The van der Waals surface area contributed by atoms with Crippen LogP contribution in [0.2, 0.25) is 0 Å². The maximum Gasteiger partial charge on any atom is 0.256 e. The van der Waals surface area contributed by atoms with Crippen molar-refractivity contribution in [2.24, 2.45) is 0 Å². The summed E-state index contributed by atoms with van der Waals surface area (Å²) in [7, 11) is 0. The van der Waals surface area contributed by atoms with Crippen molar-refractivity contribution in [1.82, 2.24) is 3.97 Å². The highest BCUT2D eigenvalue weighted by molar-refractivity contribution is 8.03. The van der Waals surface area contributed by atoms with E-state index in [0.717, 1.165) is 23.1 Å². The molecular formula is C13H10Cl3NOS. The predicted octanol–water partition coefficient (Wildman–Crippen LogP) is 5.18. The van der Waals surface area contributed by atoms with Gasteiger partial charge in [0.25, 0.3) is 3.12 Å². The molecular weight excluding hydrogens is 325 g/mol. The smallest absolute Gasteiger partial charge is 0.256 e. The summed E-state index contributed by atoms with van der Waals surface area (Å²) in [6, 6.07) is 9.62. The van der Waals surface area contributed by atoms with Gasteiger partial charge in [-0.3, -0.25) is 8.77 Å². The highest BCUT2D eigenvalue weighted by atomic mass is 35.6. The molecule has 0 fully saturated rings. The van der Waals surface area contributed by atoms with Crippen molar-refractivity contribution in [1.29, 1.82) is 0 Å². The number of carbonyl (C=O) groups is 1. The van der Waals surface area contributed by atoms with Crippen LogP contribution < -0.4 is 0 Å². The van der Waals surface area contributed by atoms with E-state index in [4.69, 9.17) is 34.8 Å². The third-order valence-corrected chi connectivity index (χ3v) is 3.73. The molecule has 2 nitrogen and oxygen atoms in total. The molecule has 0 aliphatic heterocycles. The number of nitrogens with zero attached hydrogens (tertiary/aromatic N) is 1. The lowest BCUT2D eigenvalue weighted by Gasteiger charge is -2.09. The Morgan fingerprint density at radius 1 is 1.16 bits per heavy atom. The maximum absolute atomic E-state index is 11.7. The molecule has 0 saturated heterocycles. The molecule has 100 valence electrons. The van der Waals surface area contributed by atoms with Crippen molar-refractivity contribution >= 4 is 52.5 Å². The van der Waals surface area contributed by atoms with Gasteiger partial charge in [-0.05, 0) is 12.5 Å². The van der Waals surface area contributed by atoms with Crippen molar-refractivity contribution < 1.29 is 4.79 Å². The fourth-order valence-electron chi connectivity index (χ4n) is 1.73. The van der Waals surface area contributed by atoms with Crippen LogP contribution in [0.5, 0.6) is 0 Å². The van der Waals surface area contributed by atoms with Crippen molar-refractivity contribution in [3.8, 4) is 11.1 Å². The third-order valence-electron chi connectivity index (χ3n) is 2.48. The normalized spacial score (nSPS) is 11.6. The van der Waals surface area contributed by atoms with Gasteiger partial charge in [0.15, 0.2) is 5.78 Å². The molecule has 0 N–H and O–H groups in total. The van der Waals surface area contributed by atoms with Gasteiger partial charge in [0, 0.05) is 35.5 Å². The molecule has 0 radical (unpaired) electrons. The summed E-state index contributed by atoms with van der Waals surface area (Å²) in [5.41, 5.74) is 2.39. The number of benzene rings is 1. The third kappa shape index (κ3) is 3.93. The molecule has 1 aromatic heterocycles. The molecule has 1 aromatic carbocycles. The first-order valence-electron chi connectivity index (χ1n) is 5.41. The number of Topliss-reactive ketones (excluding diaryl/α,β-unsaturated/α-hetero) is 1. The Balaban J connectivity index is 2.45. The fraction of sp³-hybridized carbons (Fsp3) is 0.154. The Hall–Kier alpha value is -0.610. The van der Waals surface area contributed by atoms with Crippen molar-refractivity contribution in [2.45, 2.75) is 10.0 Å². The lowest BCUT2D eigenvalue weighted by molar-refractivity contribution is 0.101. The van der Waals surface area contributed by atoms with Gasteiger partial charge >= 0.3 is 0 Å². The quantitative estimate of drug-likeness (QED) is 0.570. The van der Waals surface area contributed by atoms with E-state index >= 15 is 0 Å². The van der Waals surface area contributed by atoms with Crippen LogP contribution >= 0.6 is 46.8 Å². The largest absolute Gasteiger partial charge is 0.294 e. The molecule has 0 unspecified atom stereocenters. The number of ketones is 1. The van der Waals surface area contributed by atoms with Gasteiger partial charge in [0.2, 0.25) is 0 Å². The number of alkyl halides is 3. The van der Waals surface area contributed by atoms with Crippen LogP contribution in [0.3, 0.4) is 0 Å². The van der Waals surface area contributed by atoms with E-state index < -0.39 is 3.12 Å². The van der Waals surface area contributed by atoms with Crippen molar-refractivity contribution in [3.63, 3.8) is 0 Å². The molecule has 0 aliphatic rings. The summed E-state index contributed by atoms with van der Waals surface area (Å²) < 4.78 is 0.174. The summed E-state index contributed by atoms with van der Waals surface area (Å²) in [6.45, 7) is 1.52. The van der Waals surface area contributed by atoms with Gasteiger partial charge in [-0.2, -0.15) is 0 Å². The summed E-state index contributed by atoms with van der Waals surface area (Å²) in [5, 5.41) is 0. The minimum atomic E-state index is -1.47. The predicted molar refractivity (Wildman–Crippen MR) is 83.2 cm³/mol. The molecule has 2 rings (SSSR count). The van der Waals surface area contributed by atoms with Gasteiger partial charge in [0.1, 0.15) is 0 Å². The summed E-state index contributed by atoms with van der Waals surface area (Å²) >= 11 is 18.2. The van der Waals surface area contributed by atoms with E-state index in [2.05, 4.69) is 0 Å². The molecule has 0 atom stereocenters. The molecule has 0 bridgehead atoms. The minimum absolute atomic E-state index is 0.0254. The molecule has 0 saturated carbocycles. The number of hydrogen-bond donors (Lipinski definition) is 0. The number of aromatic nitrogens is 1. The summed E-state index contributed by atoms with van der Waals surface area (Å²) in [5.74, 6) is -0.0254. The number of hydrogen-bond acceptors (Lipinski definition) is 2.